The van der Waals surface area contributed by atoms with Crippen molar-refractivity contribution in [3.05, 3.63) is 0 Å². The summed E-state index contributed by atoms with van der Waals surface area (Å²) in [7, 11) is 2.01. The van der Waals surface area contributed by atoms with E-state index in [4.69, 9.17) is 0 Å². The van der Waals surface area contributed by atoms with Crippen molar-refractivity contribution in [1.29, 1.82) is 0 Å². The van der Waals surface area contributed by atoms with Gasteiger partial charge in [0.2, 0.25) is 0 Å². The van der Waals surface area contributed by atoms with Gasteiger partial charge in [0.25, 0.3) is 0 Å². The lowest BCUT2D eigenvalue weighted by atomic mass is 9.93. The summed E-state index contributed by atoms with van der Waals surface area (Å²) < 4.78 is 0. The molecule has 2 heteroatoms. The molecule has 0 aromatic heterocycles. The molecular weight excluding hydrogens is 126 g/mol. The van der Waals surface area contributed by atoms with Crippen molar-refractivity contribution in [3.8, 4) is 0 Å². The first-order valence-corrected chi connectivity index (χ1v) is 3.87. The molecule has 0 unspecified atom stereocenters. The van der Waals surface area contributed by atoms with E-state index in [0.717, 1.165) is 13.0 Å². The van der Waals surface area contributed by atoms with Gasteiger partial charge in [-0.25, -0.2) is 0 Å². The van der Waals surface area contributed by atoms with Crippen LogP contribution in [-0.2, 0) is 4.79 Å². The summed E-state index contributed by atoms with van der Waals surface area (Å²) >= 11 is 0. The number of hydrogen-bond acceptors (Lipinski definition) is 2. The van der Waals surface area contributed by atoms with Crippen LogP contribution in [0.15, 0.2) is 0 Å². The third-order valence-corrected chi connectivity index (χ3v) is 2.18. The average molecular weight is 141 g/mol. The Morgan fingerprint density at radius 2 is 2.20 bits per heavy atom. The molecule has 0 aliphatic carbocycles. The van der Waals surface area contributed by atoms with Crippen molar-refractivity contribution < 1.29 is 4.79 Å². The van der Waals surface area contributed by atoms with E-state index in [0.29, 0.717) is 5.78 Å². The second-order valence-electron chi connectivity index (χ2n) is 3.34. The number of likely N-dealkylation sites (N-methyl/N-ethyl adjacent to an activating group) is 1. The number of likely N-dealkylation sites (tertiary alicyclic amines) is 1. The Labute approximate surface area is 62.2 Å². The topological polar surface area (TPSA) is 20.3 Å². The predicted octanol–water partition coefficient (Wildman–Crippen LogP) is 0.916. The summed E-state index contributed by atoms with van der Waals surface area (Å²) in [6.07, 6.45) is 1.06. The molecular formula is C8H15NO. The molecule has 1 atom stereocenters. The quantitative estimate of drug-likeness (QED) is 0.570. The van der Waals surface area contributed by atoms with Crippen molar-refractivity contribution in [3.63, 3.8) is 0 Å². The molecule has 10 heavy (non-hydrogen) atoms. The van der Waals surface area contributed by atoms with Crippen LogP contribution >= 0.6 is 0 Å². The monoisotopic (exact) mass is 141 g/mol. The van der Waals surface area contributed by atoms with E-state index >= 15 is 0 Å². The molecule has 0 aromatic rings. The van der Waals surface area contributed by atoms with E-state index in [1.807, 2.05) is 20.9 Å². The van der Waals surface area contributed by atoms with Crippen LogP contribution in [0, 0.1) is 5.92 Å². The highest BCUT2D eigenvalue weighted by molar-refractivity contribution is 5.86. The normalized spacial score (nSPS) is 26.6. The van der Waals surface area contributed by atoms with Gasteiger partial charge >= 0.3 is 0 Å². The summed E-state index contributed by atoms with van der Waals surface area (Å²) in [5.74, 6) is 0.599. The Hall–Kier alpha value is -0.370. The SMILES string of the molecule is CC(C)C(=O)[C@@H]1CCN1C. The highest BCUT2D eigenvalue weighted by Crippen LogP contribution is 2.18. The van der Waals surface area contributed by atoms with Crippen molar-refractivity contribution in [2.45, 2.75) is 26.3 Å². The number of ketones is 1. The Bertz CT molecular complexity index is 142. The minimum atomic E-state index is 0.202. The smallest absolute Gasteiger partial charge is 0.152 e. The Morgan fingerprint density at radius 3 is 2.30 bits per heavy atom. The minimum Gasteiger partial charge on any atom is -0.298 e. The van der Waals surface area contributed by atoms with Crippen LogP contribution in [0.1, 0.15) is 20.3 Å². The molecule has 0 saturated carbocycles. The standard InChI is InChI=1S/C8H15NO/c1-6(2)8(10)7-4-5-9(7)3/h6-7H,4-5H2,1-3H3/t7-/m0/s1. The van der Waals surface area contributed by atoms with Crippen LogP contribution in [0.5, 0.6) is 0 Å². The summed E-state index contributed by atoms with van der Waals surface area (Å²) in [6.45, 7) is 5.02. The van der Waals surface area contributed by atoms with E-state index in [9.17, 15) is 4.79 Å². The van der Waals surface area contributed by atoms with E-state index in [2.05, 4.69) is 4.90 Å². The maximum absolute atomic E-state index is 11.3. The van der Waals surface area contributed by atoms with E-state index < -0.39 is 0 Å². The zero-order chi connectivity index (χ0) is 7.72. The summed E-state index contributed by atoms with van der Waals surface area (Å²) in [5, 5.41) is 0. The van der Waals surface area contributed by atoms with Gasteiger partial charge in [-0.3, -0.25) is 9.69 Å². The Balaban J connectivity index is 2.42. The third-order valence-electron chi connectivity index (χ3n) is 2.18. The number of carbonyl (C=O) groups excluding carboxylic acids is 1. The molecule has 1 heterocycles. The van der Waals surface area contributed by atoms with Crippen LogP contribution in [-0.4, -0.2) is 30.3 Å². The second-order valence-corrected chi connectivity index (χ2v) is 3.34. The molecule has 1 rings (SSSR count). The zero-order valence-corrected chi connectivity index (χ0v) is 6.92. The van der Waals surface area contributed by atoms with Crippen molar-refractivity contribution in [2.75, 3.05) is 13.6 Å². The average Bonchev–Trinajstić information content (AvgIpc) is 1.84. The lowest BCUT2D eigenvalue weighted by Crippen LogP contribution is -2.51. The predicted molar refractivity (Wildman–Crippen MR) is 40.9 cm³/mol. The van der Waals surface area contributed by atoms with Gasteiger partial charge in [0.05, 0.1) is 6.04 Å². The molecule has 0 N–H and O–H groups in total. The van der Waals surface area contributed by atoms with Gasteiger partial charge in [0, 0.05) is 12.5 Å². The Morgan fingerprint density at radius 1 is 1.60 bits per heavy atom. The molecule has 0 aromatic carbocycles. The number of hydrogen-bond donors (Lipinski definition) is 0. The van der Waals surface area contributed by atoms with E-state index in [-0.39, 0.29) is 12.0 Å². The molecule has 1 aliphatic rings. The van der Waals surface area contributed by atoms with Gasteiger partial charge in [-0.2, -0.15) is 0 Å². The van der Waals surface area contributed by atoms with Gasteiger partial charge in [0.15, 0.2) is 5.78 Å². The highest BCUT2D eigenvalue weighted by Gasteiger charge is 2.31. The van der Waals surface area contributed by atoms with E-state index in [1.54, 1.807) is 0 Å². The molecule has 0 bridgehead atoms. The van der Waals surface area contributed by atoms with Crippen LogP contribution in [0.3, 0.4) is 0 Å². The summed E-state index contributed by atoms with van der Waals surface area (Å²) in [4.78, 5) is 13.4. The first kappa shape index (κ1) is 7.73. The van der Waals surface area contributed by atoms with Crippen LogP contribution in [0.25, 0.3) is 0 Å². The van der Waals surface area contributed by atoms with Crippen LogP contribution < -0.4 is 0 Å². The minimum absolute atomic E-state index is 0.202. The molecule has 58 valence electrons. The third kappa shape index (κ3) is 1.21. The number of nitrogens with zero attached hydrogens (tertiary/aromatic N) is 1. The van der Waals surface area contributed by atoms with Crippen molar-refractivity contribution in [2.24, 2.45) is 5.92 Å². The summed E-state index contributed by atoms with van der Waals surface area (Å²) in [6, 6.07) is 0.236. The van der Waals surface area contributed by atoms with Gasteiger partial charge in [-0.1, -0.05) is 13.8 Å². The highest BCUT2D eigenvalue weighted by atomic mass is 16.1. The molecule has 1 saturated heterocycles. The molecule has 0 amide bonds. The fourth-order valence-corrected chi connectivity index (χ4v) is 1.26. The van der Waals surface area contributed by atoms with Crippen molar-refractivity contribution in [1.82, 2.24) is 4.90 Å². The molecule has 1 aliphatic heterocycles. The lowest BCUT2D eigenvalue weighted by Gasteiger charge is -2.37. The fraction of sp³-hybridized carbons (Fsp3) is 0.875. The Kier molecular flexibility index (Phi) is 2.09. The van der Waals surface area contributed by atoms with Crippen molar-refractivity contribution >= 4 is 5.78 Å². The lowest BCUT2D eigenvalue weighted by molar-refractivity contribution is -0.130. The molecule has 0 spiro atoms. The van der Waals surface area contributed by atoms with Gasteiger partial charge in [-0.15, -0.1) is 0 Å². The maximum atomic E-state index is 11.3. The molecule has 1 fully saturated rings. The number of Topliss-reactive ketones (excluding diaryl/α,β-unsaturated/α-hetero) is 1. The fourth-order valence-electron chi connectivity index (χ4n) is 1.26. The van der Waals surface area contributed by atoms with Gasteiger partial charge < -0.3 is 0 Å². The molecule has 0 radical (unpaired) electrons. The maximum Gasteiger partial charge on any atom is 0.152 e. The van der Waals surface area contributed by atoms with Gasteiger partial charge in [0.1, 0.15) is 0 Å². The van der Waals surface area contributed by atoms with E-state index in [1.165, 1.54) is 0 Å². The zero-order valence-electron chi connectivity index (χ0n) is 6.92. The molecule has 2 nitrogen and oxygen atoms in total. The number of rotatable bonds is 2. The van der Waals surface area contributed by atoms with Gasteiger partial charge in [-0.05, 0) is 13.5 Å². The first-order valence-electron chi connectivity index (χ1n) is 3.87. The van der Waals surface area contributed by atoms with Crippen LogP contribution in [0.4, 0.5) is 0 Å². The first-order chi connectivity index (χ1) is 4.63. The van der Waals surface area contributed by atoms with Crippen LogP contribution in [0.2, 0.25) is 0 Å². The largest absolute Gasteiger partial charge is 0.298 e. The summed E-state index contributed by atoms with van der Waals surface area (Å²) in [5.41, 5.74) is 0. The second kappa shape index (κ2) is 2.70. The number of carbonyl (C=O) groups is 1.